The number of rotatable bonds is 3. The highest BCUT2D eigenvalue weighted by molar-refractivity contribution is 5.73. The fourth-order valence-electron chi connectivity index (χ4n) is 2.55. The number of carbonyl (C=O) groups excluding carboxylic acids is 1. The molecule has 16 heavy (non-hydrogen) atoms. The zero-order chi connectivity index (χ0) is 12.3. The summed E-state index contributed by atoms with van der Waals surface area (Å²) in [5, 5.41) is 0. The first-order chi connectivity index (χ1) is 7.37. The van der Waals surface area contributed by atoms with Crippen LogP contribution in [0.3, 0.4) is 0 Å². The van der Waals surface area contributed by atoms with Gasteiger partial charge < -0.3 is 10.5 Å². The molecule has 94 valence electrons. The van der Waals surface area contributed by atoms with Crippen LogP contribution in [-0.2, 0) is 9.53 Å². The predicted octanol–water partition coefficient (Wildman–Crippen LogP) is 2.34. The minimum absolute atomic E-state index is 0.0321. The quantitative estimate of drug-likeness (QED) is 0.753. The van der Waals surface area contributed by atoms with Crippen molar-refractivity contribution < 1.29 is 9.53 Å². The van der Waals surface area contributed by atoms with Gasteiger partial charge in [-0.25, -0.2) is 0 Å². The van der Waals surface area contributed by atoms with Crippen LogP contribution in [0.5, 0.6) is 0 Å². The normalized spacial score (nSPS) is 30.4. The van der Waals surface area contributed by atoms with Gasteiger partial charge in [0.05, 0.1) is 5.92 Å². The average molecular weight is 227 g/mol. The van der Waals surface area contributed by atoms with E-state index in [1.165, 1.54) is 0 Å². The topological polar surface area (TPSA) is 52.3 Å². The van der Waals surface area contributed by atoms with Gasteiger partial charge in [-0.2, -0.15) is 0 Å². The highest BCUT2D eigenvalue weighted by Gasteiger charge is 2.39. The second-order valence-corrected chi connectivity index (χ2v) is 5.88. The fraction of sp³-hybridized carbons (Fsp3) is 0.923. The molecule has 0 saturated heterocycles. The summed E-state index contributed by atoms with van der Waals surface area (Å²) in [5.74, 6) is 0.999. The molecule has 0 aromatic heterocycles. The van der Waals surface area contributed by atoms with Gasteiger partial charge in [0.25, 0.3) is 0 Å². The van der Waals surface area contributed by atoms with Crippen molar-refractivity contribution in [1.82, 2.24) is 0 Å². The molecule has 1 fully saturated rings. The van der Waals surface area contributed by atoms with Gasteiger partial charge in [0, 0.05) is 0 Å². The number of nitrogens with two attached hydrogens (primary N) is 1. The maximum atomic E-state index is 12.0. The zero-order valence-corrected chi connectivity index (χ0v) is 11.0. The number of hydrogen-bond donors (Lipinski definition) is 1. The summed E-state index contributed by atoms with van der Waals surface area (Å²) in [7, 11) is 0. The lowest BCUT2D eigenvalue weighted by molar-refractivity contribution is -0.161. The summed E-state index contributed by atoms with van der Waals surface area (Å²) in [5.41, 5.74) is 5.31. The van der Waals surface area contributed by atoms with Crippen LogP contribution < -0.4 is 5.73 Å². The van der Waals surface area contributed by atoms with Gasteiger partial charge >= 0.3 is 5.97 Å². The highest BCUT2D eigenvalue weighted by Crippen LogP contribution is 2.39. The molecule has 0 aromatic carbocycles. The van der Waals surface area contributed by atoms with E-state index in [0.29, 0.717) is 18.4 Å². The number of carbonyl (C=O) groups is 1. The summed E-state index contributed by atoms with van der Waals surface area (Å²) in [6.07, 6.45) is 3.03. The maximum Gasteiger partial charge on any atom is 0.309 e. The second kappa shape index (κ2) is 5.17. The van der Waals surface area contributed by atoms with Crippen molar-refractivity contribution in [3.8, 4) is 0 Å². The van der Waals surface area contributed by atoms with Crippen LogP contribution in [0, 0.1) is 17.8 Å². The SMILES string of the molecule is CCC1CC(CN)CC1C(=O)OC(C)(C)C. The summed E-state index contributed by atoms with van der Waals surface area (Å²) >= 11 is 0. The lowest BCUT2D eigenvalue weighted by Crippen LogP contribution is -2.30. The van der Waals surface area contributed by atoms with Crippen molar-refractivity contribution in [2.45, 2.75) is 52.6 Å². The first-order valence-electron chi connectivity index (χ1n) is 6.30. The van der Waals surface area contributed by atoms with E-state index in [-0.39, 0.29) is 17.5 Å². The number of hydrogen-bond acceptors (Lipinski definition) is 3. The molecular weight excluding hydrogens is 202 g/mol. The Morgan fingerprint density at radius 2 is 2.00 bits per heavy atom. The Morgan fingerprint density at radius 3 is 2.44 bits per heavy atom. The Hall–Kier alpha value is -0.570. The van der Waals surface area contributed by atoms with Crippen molar-refractivity contribution in [2.24, 2.45) is 23.5 Å². The Morgan fingerprint density at radius 1 is 1.38 bits per heavy atom. The molecule has 1 saturated carbocycles. The maximum absolute atomic E-state index is 12.0. The van der Waals surface area contributed by atoms with Crippen LogP contribution >= 0.6 is 0 Å². The van der Waals surface area contributed by atoms with E-state index in [0.717, 1.165) is 19.3 Å². The van der Waals surface area contributed by atoms with Crippen LogP contribution in [0.25, 0.3) is 0 Å². The van der Waals surface area contributed by atoms with Crippen LogP contribution in [0.15, 0.2) is 0 Å². The van der Waals surface area contributed by atoms with E-state index in [4.69, 9.17) is 10.5 Å². The molecule has 1 rings (SSSR count). The average Bonchev–Trinajstić information content (AvgIpc) is 2.58. The molecule has 0 bridgehead atoms. The third-order valence-corrected chi connectivity index (χ3v) is 3.36. The smallest absolute Gasteiger partial charge is 0.309 e. The van der Waals surface area contributed by atoms with Crippen molar-refractivity contribution in [3.63, 3.8) is 0 Å². The monoisotopic (exact) mass is 227 g/mol. The van der Waals surface area contributed by atoms with Crippen molar-refractivity contribution >= 4 is 5.97 Å². The number of esters is 1. The molecule has 3 nitrogen and oxygen atoms in total. The molecule has 1 aliphatic carbocycles. The highest BCUT2D eigenvalue weighted by atomic mass is 16.6. The van der Waals surface area contributed by atoms with Crippen molar-refractivity contribution in [3.05, 3.63) is 0 Å². The molecule has 3 heteroatoms. The second-order valence-electron chi connectivity index (χ2n) is 5.88. The minimum Gasteiger partial charge on any atom is -0.460 e. The fourth-order valence-corrected chi connectivity index (χ4v) is 2.55. The van der Waals surface area contributed by atoms with Gasteiger partial charge in [-0.05, 0) is 52.0 Å². The molecule has 1 aliphatic rings. The van der Waals surface area contributed by atoms with Gasteiger partial charge in [0.15, 0.2) is 0 Å². The van der Waals surface area contributed by atoms with E-state index in [1.807, 2.05) is 20.8 Å². The van der Waals surface area contributed by atoms with Crippen LogP contribution in [0.2, 0.25) is 0 Å². The molecule has 0 heterocycles. The van der Waals surface area contributed by atoms with E-state index in [9.17, 15) is 4.79 Å². The molecule has 0 radical (unpaired) electrons. The van der Waals surface area contributed by atoms with Gasteiger partial charge in [-0.15, -0.1) is 0 Å². The van der Waals surface area contributed by atoms with E-state index in [2.05, 4.69) is 6.92 Å². The van der Waals surface area contributed by atoms with Gasteiger partial charge in [0.1, 0.15) is 5.60 Å². The Bertz CT molecular complexity index is 245. The zero-order valence-electron chi connectivity index (χ0n) is 11.0. The third-order valence-electron chi connectivity index (χ3n) is 3.36. The molecular formula is C13H25NO2. The summed E-state index contributed by atoms with van der Waals surface area (Å²) in [4.78, 5) is 12.0. The Kier molecular flexibility index (Phi) is 4.36. The van der Waals surface area contributed by atoms with Gasteiger partial charge in [-0.1, -0.05) is 13.3 Å². The Labute approximate surface area is 98.7 Å². The third kappa shape index (κ3) is 3.48. The van der Waals surface area contributed by atoms with Crippen molar-refractivity contribution in [2.75, 3.05) is 6.54 Å². The van der Waals surface area contributed by atoms with E-state index >= 15 is 0 Å². The van der Waals surface area contributed by atoms with Crippen LogP contribution in [0.1, 0.15) is 47.0 Å². The van der Waals surface area contributed by atoms with Crippen molar-refractivity contribution in [1.29, 1.82) is 0 Å². The van der Waals surface area contributed by atoms with Gasteiger partial charge in [0.2, 0.25) is 0 Å². The minimum atomic E-state index is -0.379. The molecule has 3 atom stereocenters. The Balaban J connectivity index is 2.61. The molecule has 0 aliphatic heterocycles. The summed E-state index contributed by atoms with van der Waals surface area (Å²) < 4.78 is 5.47. The van der Waals surface area contributed by atoms with E-state index in [1.54, 1.807) is 0 Å². The standard InChI is InChI=1S/C13H25NO2/c1-5-10-6-9(8-14)7-11(10)12(15)16-13(2,3)4/h9-11H,5-8,14H2,1-4H3. The first-order valence-corrected chi connectivity index (χ1v) is 6.30. The van der Waals surface area contributed by atoms with E-state index < -0.39 is 0 Å². The molecule has 0 aromatic rings. The molecule has 0 amide bonds. The lowest BCUT2D eigenvalue weighted by Gasteiger charge is -2.24. The predicted molar refractivity (Wildman–Crippen MR) is 64.9 cm³/mol. The summed E-state index contributed by atoms with van der Waals surface area (Å²) in [6.45, 7) is 8.58. The largest absolute Gasteiger partial charge is 0.460 e. The first kappa shape index (κ1) is 13.5. The van der Waals surface area contributed by atoms with Gasteiger partial charge in [-0.3, -0.25) is 4.79 Å². The lowest BCUT2D eigenvalue weighted by atomic mass is 9.93. The van der Waals surface area contributed by atoms with Crippen LogP contribution in [0.4, 0.5) is 0 Å². The molecule has 0 spiro atoms. The molecule has 3 unspecified atom stereocenters. The summed E-state index contributed by atoms with van der Waals surface area (Å²) in [6, 6.07) is 0. The molecule has 2 N–H and O–H groups in total. The number of ether oxygens (including phenoxy) is 1. The van der Waals surface area contributed by atoms with Crippen LogP contribution in [-0.4, -0.2) is 18.1 Å².